The molecular formula is C43H30N12S. The van der Waals surface area contributed by atoms with Crippen molar-refractivity contribution >= 4 is 55.4 Å². The Balaban J connectivity index is 1.52. The summed E-state index contributed by atoms with van der Waals surface area (Å²) in [5.41, 5.74) is 6.26. The number of para-hydroxylation sites is 2. The van der Waals surface area contributed by atoms with Gasteiger partial charge in [-0.05, 0) is 60.0 Å². The second-order valence-electron chi connectivity index (χ2n) is 13.5. The number of H-pyrrole nitrogens is 5. The lowest BCUT2D eigenvalue weighted by Gasteiger charge is -2.53. The molecule has 11 rings (SSSR count). The lowest BCUT2D eigenvalue weighted by atomic mass is 9.47. The first-order chi connectivity index (χ1) is 27.8. The fraction of sp³-hybridized carbons (Fsp3) is 0.0465. The van der Waals surface area contributed by atoms with Crippen LogP contribution in [0.2, 0.25) is 0 Å². The molecule has 0 radical (unpaired) electrons. The third kappa shape index (κ3) is 4.36. The van der Waals surface area contributed by atoms with Crippen LogP contribution in [0.1, 0.15) is 45.1 Å². The number of imidazole rings is 1. The van der Waals surface area contributed by atoms with Crippen LogP contribution in [-0.2, 0) is 10.8 Å². The summed E-state index contributed by atoms with van der Waals surface area (Å²) in [6, 6.07) is 32.6. The summed E-state index contributed by atoms with van der Waals surface area (Å²) in [5, 5.41) is 21.3. The van der Waals surface area contributed by atoms with E-state index in [4.69, 9.17) is 30.0 Å². The number of hydrogen-bond acceptors (Lipinski definition) is 8. The Morgan fingerprint density at radius 3 is 2.23 bits per heavy atom. The number of hydrogen-bond donors (Lipinski definition) is 5. The van der Waals surface area contributed by atoms with E-state index in [0.29, 0.717) is 17.3 Å². The van der Waals surface area contributed by atoms with Crippen LogP contribution in [0.3, 0.4) is 0 Å². The van der Waals surface area contributed by atoms with Crippen LogP contribution in [-0.4, -0.2) is 60.3 Å². The van der Waals surface area contributed by atoms with E-state index in [1.807, 2.05) is 96.9 Å². The number of benzene rings is 2. The van der Waals surface area contributed by atoms with Gasteiger partial charge in [-0.25, -0.2) is 19.9 Å². The smallest absolute Gasteiger partial charge is 0.157 e. The van der Waals surface area contributed by atoms with Gasteiger partial charge in [0, 0.05) is 99.5 Å². The summed E-state index contributed by atoms with van der Waals surface area (Å²) < 4.78 is 0. The van der Waals surface area contributed by atoms with E-state index in [-0.39, 0.29) is 0 Å². The minimum absolute atomic E-state index is 0.482. The van der Waals surface area contributed by atoms with Gasteiger partial charge in [0.05, 0.1) is 22.6 Å². The number of rotatable bonds is 8. The Kier molecular flexibility index (Phi) is 7.16. The van der Waals surface area contributed by atoms with Crippen molar-refractivity contribution in [1.29, 1.82) is 0 Å². The van der Waals surface area contributed by atoms with Crippen molar-refractivity contribution in [3.8, 4) is 0 Å². The predicted molar refractivity (Wildman–Crippen MR) is 216 cm³/mol. The highest BCUT2D eigenvalue weighted by Gasteiger charge is 2.69. The average molecular weight is 747 g/mol. The predicted octanol–water partition coefficient (Wildman–Crippen LogP) is 7.97. The SMILES string of the molecule is c1ccc(C2=C(c3ncccn3)C(c3cc4ccccc4[nH]3)(c3ncc[nH]3)C(c3nccs3)(c3[nH]nc4ccccc34)C(c3ccc[nH]3)=C2c2ccn[nH]2)nc1. The maximum absolute atomic E-state index is 5.32. The number of aromatic nitrogens is 12. The molecule has 1 aliphatic rings. The number of nitrogens with zero attached hydrogens (tertiary/aromatic N) is 7. The summed E-state index contributed by atoms with van der Waals surface area (Å²) in [5.74, 6) is 1.11. The van der Waals surface area contributed by atoms with Crippen LogP contribution in [0.15, 0.2) is 152 Å². The van der Waals surface area contributed by atoms with Crippen molar-refractivity contribution in [3.05, 3.63) is 197 Å². The van der Waals surface area contributed by atoms with E-state index < -0.39 is 10.8 Å². The molecule has 0 amide bonds. The zero-order valence-electron chi connectivity index (χ0n) is 29.5. The Morgan fingerprint density at radius 2 is 1.46 bits per heavy atom. The summed E-state index contributed by atoms with van der Waals surface area (Å²) in [7, 11) is 0. The van der Waals surface area contributed by atoms with Gasteiger partial charge in [-0.1, -0.05) is 42.5 Å². The van der Waals surface area contributed by atoms with E-state index in [1.54, 1.807) is 36.1 Å². The molecule has 0 aliphatic heterocycles. The van der Waals surface area contributed by atoms with Gasteiger partial charge in [0.15, 0.2) is 5.82 Å². The third-order valence-corrected chi connectivity index (χ3v) is 11.7. The van der Waals surface area contributed by atoms with Crippen LogP contribution >= 0.6 is 11.3 Å². The largest absolute Gasteiger partial charge is 0.361 e. The fourth-order valence-corrected chi connectivity index (χ4v) is 9.71. The van der Waals surface area contributed by atoms with Crippen LogP contribution in [0.4, 0.5) is 0 Å². The van der Waals surface area contributed by atoms with Gasteiger partial charge in [-0.2, -0.15) is 10.2 Å². The fourth-order valence-electron chi connectivity index (χ4n) is 8.81. The quantitative estimate of drug-likeness (QED) is 0.105. The monoisotopic (exact) mass is 746 g/mol. The summed E-state index contributed by atoms with van der Waals surface area (Å²) >= 11 is 1.56. The van der Waals surface area contributed by atoms with Gasteiger partial charge in [-0.15, -0.1) is 11.3 Å². The van der Waals surface area contributed by atoms with E-state index in [9.17, 15) is 0 Å². The summed E-state index contributed by atoms with van der Waals surface area (Å²) in [6.45, 7) is 0. The molecule has 10 aromatic rings. The van der Waals surface area contributed by atoms with E-state index in [2.05, 4.69) is 60.6 Å². The molecule has 8 aromatic heterocycles. The molecule has 5 N–H and O–H groups in total. The molecule has 56 heavy (non-hydrogen) atoms. The highest BCUT2D eigenvalue weighted by molar-refractivity contribution is 7.09. The first-order valence-corrected chi connectivity index (χ1v) is 18.9. The highest BCUT2D eigenvalue weighted by atomic mass is 32.1. The lowest BCUT2D eigenvalue weighted by molar-refractivity contribution is 0.434. The maximum Gasteiger partial charge on any atom is 0.157 e. The maximum atomic E-state index is 5.32. The van der Waals surface area contributed by atoms with Crippen molar-refractivity contribution in [3.63, 3.8) is 0 Å². The Hall–Kier alpha value is -7.51. The number of thiazole rings is 1. The molecule has 0 saturated carbocycles. The molecule has 0 bridgehead atoms. The van der Waals surface area contributed by atoms with Crippen molar-refractivity contribution < 1.29 is 0 Å². The molecule has 0 spiro atoms. The van der Waals surface area contributed by atoms with Gasteiger partial charge < -0.3 is 15.0 Å². The lowest BCUT2D eigenvalue weighted by Crippen LogP contribution is -2.56. The summed E-state index contributed by atoms with van der Waals surface area (Å²) in [4.78, 5) is 37.1. The first-order valence-electron chi connectivity index (χ1n) is 18.0. The molecule has 13 heteroatoms. The van der Waals surface area contributed by atoms with E-state index >= 15 is 0 Å². The second-order valence-corrected chi connectivity index (χ2v) is 14.4. The zero-order valence-corrected chi connectivity index (χ0v) is 30.3. The molecule has 2 unspecified atom stereocenters. The van der Waals surface area contributed by atoms with Crippen molar-refractivity contribution in [1.82, 2.24) is 60.3 Å². The van der Waals surface area contributed by atoms with Gasteiger partial charge in [0.1, 0.15) is 21.7 Å². The number of pyridine rings is 1. The standard InChI is InChI=1S/C43H30N12S/c1-3-11-28-26(9-1)25-33(52-28)42(40-48-21-22-49-40)37(39-46-18-8-19-47-39)34(30-13-5-6-16-44-30)35(31-15-20-51-53-31)36(32-14-7-17-45-32)43(42,41-50-23-24-56-41)38-27-10-2-4-12-29(27)54-55-38/h1-25,45,52H,(H,48,49)(H,51,53)(H,54,55). The number of allylic oxidation sites excluding steroid dienone is 4. The zero-order chi connectivity index (χ0) is 37.1. The topological polar surface area (TPSA) is 169 Å². The number of nitrogens with one attached hydrogen (secondary N) is 5. The molecule has 0 saturated heterocycles. The van der Waals surface area contributed by atoms with Crippen LogP contribution < -0.4 is 0 Å². The molecule has 1 aliphatic carbocycles. The molecule has 2 atom stereocenters. The first kappa shape index (κ1) is 32.0. The summed E-state index contributed by atoms with van der Waals surface area (Å²) in [6.07, 6.45) is 14.6. The molecule has 2 aromatic carbocycles. The van der Waals surface area contributed by atoms with E-state index in [0.717, 1.165) is 71.9 Å². The molecule has 12 nitrogen and oxygen atoms in total. The molecule has 8 heterocycles. The Labute approximate surface area is 322 Å². The van der Waals surface area contributed by atoms with E-state index in [1.165, 1.54) is 0 Å². The van der Waals surface area contributed by atoms with Gasteiger partial charge in [0.25, 0.3) is 0 Å². The molecular weight excluding hydrogens is 717 g/mol. The highest BCUT2D eigenvalue weighted by Crippen LogP contribution is 2.70. The Morgan fingerprint density at radius 1 is 0.589 bits per heavy atom. The third-order valence-electron chi connectivity index (χ3n) is 10.8. The second kappa shape index (κ2) is 12.5. The minimum Gasteiger partial charge on any atom is -0.361 e. The normalized spacial score (nSPS) is 18.7. The van der Waals surface area contributed by atoms with Crippen LogP contribution in [0, 0.1) is 0 Å². The van der Waals surface area contributed by atoms with Gasteiger partial charge >= 0.3 is 0 Å². The average Bonchev–Trinajstić information content (AvgIpc) is 4.11. The van der Waals surface area contributed by atoms with Crippen molar-refractivity contribution in [2.45, 2.75) is 10.8 Å². The van der Waals surface area contributed by atoms with Crippen molar-refractivity contribution in [2.75, 3.05) is 0 Å². The van der Waals surface area contributed by atoms with Crippen LogP contribution in [0.25, 0.3) is 44.1 Å². The van der Waals surface area contributed by atoms with Crippen molar-refractivity contribution in [2.24, 2.45) is 0 Å². The molecule has 268 valence electrons. The van der Waals surface area contributed by atoms with Gasteiger partial charge in [-0.3, -0.25) is 15.2 Å². The Bertz CT molecular complexity index is 2980. The van der Waals surface area contributed by atoms with Gasteiger partial charge in [0.2, 0.25) is 0 Å². The number of fused-ring (bicyclic) bond motifs is 2. The molecule has 0 fully saturated rings. The van der Waals surface area contributed by atoms with Crippen LogP contribution in [0.5, 0.6) is 0 Å². The minimum atomic E-state index is -1.36. The number of aromatic amines is 5.